The standard InChI is InChI=1S/C22H18/c1-16(19-12-10-17-6-2-4-8-21(17)14-19)20-13-11-18-7-3-5-9-22(18)15-20/h2-16H,1H3. The van der Waals surface area contributed by atoms with Gasteiger partial charge in [-0.05, 0) is 32.7 Å². The van der Waals surface area contributed by atoms with E-state index in [1.165, 1.54) is 32.7 Å². The maximum Gasteiger partial charge on any atom is 0.00614 e. The summed E-state index contributed by atoms with van der Waals surface area (Å²) < 4.78 is 0. The summed E-state index contributed by atoms with van der Waals surface area (Å²) in [6.45, 7) is 2.29. The Balaban J connectivity index is 1.78. The molecule has 0 aliphatic heterocycles. The van der Waals surface area contributed by atoms with E-state index in [1.807, 2.05) is 0 Å². The zero-order valence-corrected chi connectivity index (χ0v) is 12.7. The fourth-order valence-corrected chi connectivity index (χ4v) is 3.15. The smallest absolute Gasteiger partial charge is 0.00614 e. The van der Waals surface area contributed by atoms with Gasteiger partial charge >= 0.3 is 0 Å². The molecule has 0 fully saturated rings. The number of rotatable bonds is 2. The Morgan fingerprint density at radius 3 is 1.36 bits per heavy atom. The van der Waals surface area contributed by atoms with Gasteiger partial charge in [-0.15, -0.1) is 0 Å². The maximum atomic E-state index is 2.31. The van der Waals surface area contributed by atoms with Crippen LogP contribution in [0.4, 0.5) is 0 Å². The second-order valence-electron chi connectivity index (χ2n) is 5.93. The zero-order valence-electron chi connectivity index (χ0n) is 12.7. The molecule has 0 saturated heterocycles. The monoisotopic (exact) mass is 282 g/mol. The highest BCUT2D eigenvalue weighted by molar-refractivity contribution is 5.84. The van der Waals surface area contributed by atoms with E-state index in [1.54, 1.807) is 0 Å². The van der Waals surface area contributed by atoms with Gasteiger partial charge in [0.1, 0.15) is 0 Å². The number of benzene rings is 4. The first-order valence-corrected chi connectivity index (χ1v) is 7.79. The molecule has 4 rings (SSSR count). The van der Waals surface area contributed by atoms with Crippen LogP contribution in [0.3, 0.4) is 0 Å². The molecule has 0 atom stereocenters. The summed E-state index contributed by atoms with van der Waals surface area (Å²) in [7, 11) is 0. The third-order valence-electron chi connectivity index (χ3n) is 4.55. The van der Waals surface area contributed by atoms with Gasteiger partial charge in [-0.2, -0.15) is 0 Å². The largest absolute Gasteiger partial charge is 0.0616 e. The predicted molar refractivity (Wildman–Crippen MR) is 95.4 cm³/mol. The van der Waals surface area contributed by atoms with Crippen molar-refractivity contribution in [1.82, 2.24) is 0 Å². The molecule has 106 valence electrons. The average Bonchev–Trinajstić information content (AvgIpc) is 2.60. The van der Waals surface area contributed by atoms with Crippen molar-refractivity contribution >= 4 is 21.5 Å². The normalized spacial score (nSPS) is 11.4. The van der Waals surface area contributed by atoms with Crippen LogP contribution in [0.5, 0.6) is 0 Å². The Morgan fingerprint density at radius 1 is 0.500 bits per heavy atom. The highest BCUT2D eigenvalue weighted by atomic mass is 14.1. The summed E-state index contributed by atoms with van der Waals surface area (Å²) in [6, 6.07) is 30.7. The number of hydrogen-bond donors (Lipinski definition) is 0. The highest BCUT2D eigenvalue weighted by Crippen LogP contribution is 2.29. The lowest BCUT2D eigenvalue weighted by Crippen LogP contribution is -1.96. The van der Waals surface area contributed by atoms with Crippen LogP contribution < -0.4 is 0 Å². The first-order valence-electron chi connectivity index (χ1n) is 7.79. The van der Waals surface area contributed by atoms with Crippen LogP contribution in [-0.4, -0.2) is 0 Å². The summed E-state index contributed by atoms with van der Waals surface area (Å²) in [5.74, 6) is 0.397. The van der Waals surface area contributed by atoms with Gasteiger partial charge in [0.15, 0.2) is 0 Å². The molecule has 0 aliphatic rings. The second kappa shape index (κ2) is 5.31. The van der Waals surface area contributed by atoms with Crippen molar-refractivity contribution in [3.05, 3.63) is 96.1 Å². The fraction of sp³-hybridized carbons (Fsp3) is 0.0909. The van der Waals surface area contributed by atoms with Crippen LogP contribution in [0.1, 0.15) is 24.0 Å². The molecule has 0 amide bonds. The Hall–Kier alpha value is -2.60. The Bertz CT molecular complexity index is 871. The minimum atomic E-state index is 0.397. The van der Waals surface area contributed by atoms with Crippen molar-refractivity contribution in [2.45, 2.75) is 12.8 Å². The molecule has 0 spiro atoms. The highest BCUT2D eigenvalue weighted by Gasteiger charge is 2.09. The van der Waals surface area contributed by atoms with Crippen molar-refractivity contribution in [2.75, 3.05) is 0 Å². The molecule has 4 aromatic rings. The molecule has 0 radical (unpaired) electrons. The lowest BCUT2D eigenvalue weighted by Gasteiger charge is -2.14. The van der Waals surface area contributed by atoms with E-state index in [4.69, 9.17) is 0 Å². The molecule has 0 unspecified atom stereocenters. The van der Waals surface area contributed by atoms with Crippen LogP contribution in [0.15, 0.2) is 84.9 Å². The first-order chi connectivity index (χ1) is 10.8. The minimum Gasteiger partial charge on any atom is -0.0616 e. The van der Waals surface area contributed by atoms with Gasteiger partial charge in [0.25, 0.3) is 0 Å². The molecule has 22 heavy (non-hydrogen) atoms. The zero-order chi connectivity index (χ0) is 14.9. The van der Waals surface area contributed by atoms with Crippen molar-refractivity contribution in [3.63, 3.8) is 0 Å². The second-order valence-corrected chi connectivity index (χ2v) is 5.93. The van der Waals surface area contributed by atoms with Gasteiger partial charge in [0.2, 0.25) is 0 Å². The van der Waals surface area contributed by atoms with E-state index in [2.05, 4.69) is 91.9 Å². The maximum absolute atomic E-state index is 2.31. The summed E-state index contributed by atoms with van der Waals surface area (Å²) >= 11 is 0. The van der Waals surface area contributed by atoms with Gasteiger partial charge in [-0.25, -0.2) is 0 Å². The topological polar surface area (TPSA) is 0 Å². The van der Waals surface area contributed by atoms with E-state index in [0.29, 0.717) is 5.92 Å². The van der Waals surface area contributed by atoms with Crippen LogP contribution in [0.25, 0.3) is 21.5 Å². The van der Waals surface area contributed by atoms with E-state index in [9.17, 15) is 0 Å². The van der Waals surface area contributed by atoms with Gasteiger partial charge in [0, 0.05) is 5.92 Å². The van der Waals surface area contributed by atoms with E-state index in [-0.39, 0.29) is 0 Å². The number of fused-ring (bicyclic) bond motifs is 2. The molecule has 0 bridgehead atoms. The lowest BCUT2D eigenvalue weighted by molar-refractivity contribution is 0.927. The van der Waals surface area contributed by atoms with Gasteiger partial charge in [-0.1, -0.05) is 91.9 Å². The summed E-state index contributed by atoms with van der Waals surface area (Å²) in [5.41, 5.74) is 2.74. The molecule has 0 aromatic heterocycles. The summed E-state index contributed by atoms with van der Waals surface area (Å²) in [5, 5.41) is 5.23. The molecule has 0 heterocycles. The summed E-state index contributed by atoms with van der Waals surface area (Å²) in [6.07, 6.45) is 0. The molecular formula is C22H18. The van der Waals surface area contributed by atoms with Gasteiger partial charge < -0.3 is 0 Å². The summed E-state index contributed by atoms with van der Waals surface area (Å²) in [4.78, 5) is 0. The predicted octanol–water partition coefficient (Wildman–Crippen LogP) is 6.14. The van der Waals surface area contributed by atoms with Crippen LogP contribution in [0.2, 0.25) is 0 Å². The molecular weight excluding hydrogens is 264 g/mol. The minimum absolute atomic E-state index is 0.397. The SMILES string of the molecule is CC(c1ccc2ccccc2c1)c1ccc2ccccc2c1. The number of hydrogen-bond acceptors (Lipinski definition) is 0. The molecule has 0 heteroatoms. The molecule has 0 aliphatic carbocycles. The van der Waals surface area contributed by atoms with Crippen LogP contribution in [0, 0.1) is 0 Å². The van der Waals surface area contributed by atoms with Gasteiger partial charge in [0.05, 0.1) is 0 Å². The van der Waals surface area contributed by atoms with Crippen molar-refractivity contribution in [2.24, 2.45) is 0 Å². The Morgan fingerprint density at radius 2 is 0.909 bits per heavy atom. The van der Waals surface area contributed by atoms with Crippen LogP contribution in [-0.2, 0) is 0 Å². The quantitative estimate of drug-likeness (QED) is 0.414. The molecule has 4 aromatic carbocycles. The van der Waals surface area contributed by atoms with E-state index >= 15 is 0 Å². The fourth-order valence-electron chi connectivity index (χ4n) is 3.15. The Labute approximate surface area is 131 Å². The van der Waals surface area contributed by atoms with Gasteiger partial charge in [-0.3, -0.25) is 0 Å². The lowest BCUT2D eigenvalue weighted by atomic mass is 9.90. The van der Waals surface area contributed by atoms with Crippen molar-refractivity contribution in [1.29, 1.82) is 0 Å². The van der Waals surface area contributed by atoms with Crippen molar-refractivity contribution < 1.29 is 0 Å². The third kappa shape index (κ3) is 2.27. The van der Waals surface area contributed by atoms with Crippen LogP contribution >= 0.6 is 0 Å². The third-order valence-corrected chi connectivity index (χ3v) is 4.55. The van der Waals surface area contributed by atoms with E-state index < -0.39 is 0 Å². The van der Waals surface area contributed by atoms with E-state index in [0.717, 1.165) is 0 Å². The first kappa shape index (κ1) is 13.1. The molecule has 0 N–H and O–H groups in total. The average molecular weight is 282 g/mol. The Kier molecular flexibility index (Phi) is 3.16. The molecule has 0 nitrogen and oxygen atoms in total. The molecule has 0 saturated carbocycles. The van der Waals surface area contributed by atoms with Crippen molar-refractivity contribution in [3.8, 4) is 0 Å².